The van der Waals surface area contributed by atoms with Crippen molar-refractivity contribution in [1.29, 1.82) is 0 Å². The Balaban J connectivity index is 3.42. The maximum Gasteiger partial charge on any atom is 0.153 e. The molecular formula is C16H22O3. The third-order valence-electron chi connectivity index (χ3n) is 2.86. The topological polar surface area (TPSA) is 43.4 Å². The molecule has 0 fully saturated rings. The summed E-state index contributed by atoms with van der Waals surface area (Å²) in [4.78, 5) is 21.9. The van der Waals surface area contributed by atoms with Crippen LogP contribution in [0.2, 0.25) is 0 Å². The number of ether oxygens (including phenoxy) is 1. The van der Waals surface area contributed by atoms with Gasteiger partial charge in [-0.3, -0.25) is 9.59 Å². The number of hydrogen-bond donors (Lipinski definition) is 0. The van der Waals surface area contributed by atoms with Gasteiger partial charge >= 0.3 is 0 Å². The van der Waals surface area contributed by atoms with Gasteiger partial charge in [-0.25, -0.2) is 0 Å². The molecule has 0 aliphatic carbocycles. The van der Waals surface area contributed by atoms with Crippen LogP contribution in [0.25, 0.3) is 0 Å². The molecule has 0 bridgehead atoms. The van der Waals surface area contributed by atoms with Crippen LogP contribution < -0.4 is 0 Å². The molecule has 19 heavy (non-hydrogen) atoms. The highest BCUT2D eigenvalue weighted by Gasteiger charge is 2.29. The largest absolute Gasteiger partial charge is 0.465 e. The summed E-state index contributed by atoms with van der Waals surface area (Å²) in [6.45, 7) is 12.2. The molecule has 1 aliphatic rings. The van der Waals surface area contributed by atoms with Crippen LogP contribution in [0, 0.1) is 10.8 Å². The number of allylic oxidation sites excluding steroid dienone is 6. The molecule has 3 heteroatoms. The number of hydrogen-bond acceptors (Lipinski definition) is 3. The first-order valence-corrected chi connectivity index (χ1v) is 6.36. The van der Waals surface area contributed by atoms with Crippen molar-refractivity contribution >= 4 is 12.6 Å². The zero-order valence-corrected chi connectivity index (χ0v) is 12.5. The molecule has 0 atom stereocenters. The van der Waals surface area contributed by atoms with Crippen molar-refractivity contribution in [1.82, 2.24) is 0 Å². The molecule has 0 radical (unpaired) electrons. The highest BCUT2D eigenvalue weighted by Crippen LogP contribution is 2.39. The highest BCUT2D eigenvalue weighted by atomic mass is 16.5. The van der Waals surface area contributed by atoms with E-state index in [1.165, 1.54) is 0 Å². The van der Waals surface area contributed by atoms with E-state index >= 15 is 0 Å². The molecule has 0 amide bonds. The average Bonchev–Trinajstić information content (AvgIpc) is 2.28. The predicted octanol–water partition coefficient (Wildman–Crippen LogP) is 3.57. The van der Waals surface area contributed by atoms with Crippen molar-refractivity contribution in [2.45, 2.75) is 41.5 Å². The Labute approximate surface area is 115 Å². The maximum atomic E-state index is 11.0. The first-order valence-electron chi connectivity index (χ1n) is 6.36. The second-order valence-electron chi connectivity index (χ2n) is 6.77. The second-order valence-corrected chi connectivity index (χ2v) is 6.77. The van der Waals surface area contributed by atoms with Crippen LogP contribution in [-0.4, -0.2) is 12.6 Å². The van der Waals surface area contributed by atoms with Crippen molar-refractivity contribution in [3.8, 4) is 0 Å². The summed E-state index contributed by atoms with van der Waals surface area (Å²) < 4.78 is 5.94. The molecule has 0 N–H and O–H groups in total. The zero-order chi connectivity index (χ0) is 14.8. The van der Waals surface area contributed by atoms with Gasteiger partial charge in [0, 0.05) is 10.8 Å². The van der Waals surface area contributed by atoms with Crippen LogP contribution in [0.4, 0.5) is 0 Å². The monoisotopic (exact) mass is 262 g/mol. The van der Waals surface area contributed by atoms with Gasteiger partial charge in [-0.05, 0) is 17.7 Å². The van der Waals surface area contributed by atoms with Crippen LogP contribution in [0.1, 0.15) is 41.5 Å². The van der Waals surface area contributed by atoms with Crippen molar-refractivity contribution < 1.29 is 14.3 Å². The second kappa shape index (κ2) is 5.16. The minimum atomic E-state index is -0.188. The van der Waals surface area contributed by atoms with Gasteiger partial charge in [0.05, 0.1) is 5.57 Å². The molecule has 1 rings (SSSR count). The SMILES string of the molecule is CC(C)(C)C1=CC(=C(C=O)C=O)C=C(C(C)(C)C)O1. The van der Waals surface area contributed by atoms with Gasteiger partial charge in [0.1, 0.15) is 11.5 Å². The van der Waals surface area contributed by atoms with E-state index < -0.39 is 0 Å². The average molecular weight is 262 g/mol. The highest BCUT2D eigenvalue weighted by molar-refractivity contribution is 6.01. The molecule has 0 aromatic carbocycles. The number of carbonyl (C=O) groups excluding carboxylic acids is 2. The third-order valence-corrected chi connectivity index (χ3v) is 2.86. The fraction of sp³-hybridized carbons (Fsp3) is 0.500. The first-order chi connectivity index (χ1) is 8.59. The Kier molecular flexibility index (Phi) is 4.18. The van der Waals surface area contributed by atoms with Gasteiger partial charge in [0.2, 0.25) is 0 Å². The van der Waals surface area contributed by atoms with E-state index in [-0.39, 0.29) is 16.4 Å². The van der Waals surface area contributed by atoms with Gasteiger partial charge in [-0.1, -0.05) is 41.5 Å². The Morgan fingerprint density at radius 3 is 1.53 bits per heavy atom. The normalized spacial score (nSPS) is 16.2. The minimum Gasteiger partial charge on any atom is -0.465 e. The van der Waals surface area contributed by atoms with Crippen LogP contribution in [0.3, 0.4) is 0 Å². The lowest BCUT2D eigenvalue weighted by atomic mass is 9.86. The predicted molar refractivity (Wildman–Crippen MR) is 75.3 cm³/mol. The van der Waals surface area contributed by atoms with E-state index in [1.807, 2.05) is 41.5 Å². The third kappa shape index (κ3) is 3.66. The summed E-state index contributed by atoms with van der Waals surface area (Å²) in [5.41, 5.74) is 0.387. The fourth-order valence-corrected chi connectivity index (χ4v) is 1.57. The minimum absolute atomic E-state index is 0.145. The standard InChI is InChI=1S/C16H22O3/c1-15(2,3)13-7-11(12(9-17)10-18)8-14(19-13)16(4,5)6/h7-10H,1-6H3. The zero-order valence-electron chi connectivity index (χ0n) is 12.5. The number of rotatable bonds is 2. The lowest BCUT2D eigenvalue weighted by molar-refractivity contribution is -0.109. The first kappa shape index (κ1) is 15.4. The van der Waals surface area contributed by atoms with Gasteiger partial charge in [0.25, 0.3) is 0 Å². The molecule has 1 heterocycles. The van der Waals surface area contributed by atoms with Crippen LogP contribution in [0.15, 0.2) is 34.8 Å². The molecule has 0 aromatic rings. The number of aldehydes is 2. The van der Waals surface area contributed by atoms with E-state index in [1.54, 1.807) is 12.2 Å². The summed E-state index contributed by atoms with van der Waals surface area (Å²) >= 11 is 0. The van der Waals surface area contributed by atoms with Gasteiger partial charge in [-0.2, -0.15) is 0 Å². The summed E-state index contributed by atoms with van der Waals surface area (Å²) in [5, 5.41) is 0. The molecular weight excluding hydrogens is 240 g/mol. The fourth-order valence-electron chi connectivity index (χ4n) is 1.57. The van der Waals surface area contributed by atoms with Gasteiger partial charge in [0.15, 0.2) is 12.6 Å². The van der Waals surface area contributed by atoms with Crippen molar-refractivity contribution in [3.05, 3.63) is 34.8 Å². The summed E-state index contributed by atoms with van der Waals surface area (Å²) in [6.07, 6.45) is 4.71. The van der Waals surface area contributed by atoms with E-state index in [4.69, 9.17) is 4.74 Å². The molecule has 0 saturated heterocycles. The van der Waals surface area contributed by atoms with Crippen LogP contribution in [0.5, 0.6) is 0 Å². The lowest BCUT2D eigenvalue weighted by Gasteiger charge is -2.32. The van der Waals surface area contributed by atoms with Crippen LogP contribution >= 0.6 is 0 Å². The molecule has 0 unspecified atom stereocenters. The van der Waals surface area contributed by atoms with E-state index in [0.29, 0.717) is 18.1 Å². The van der Waals surface area contributed by atoms with Gasteiger partial charge in [-0.15, -0.1) is 0 Å². The smallest absolute Gasteiger partial charge is 0.153 e. The summed E-state index contributed by atoms with van der Waals surface area (Å²) in [6, 6.07) is 0. The Hall–Kier alpha value is -1.64. The molecule has 0 saturated carbocycles. The van der Waals surface area contributed by atoms with Crippen LogP contribution in [-0.2, 0) is 14.3 Å². The van der Waals surface area contributed by atoms with Crippen molar-refractivity contribution in [2.75, 3.05) is 0 Å². The quantitative estimate of drug-likeness (QED) is 0.331. The Morgan fingerprint density at radius 1 is 0.895 bits per heavy atom. The van der Waals surface area contributed by atoms with Gasteiger partial charge < -0.3 is 4.74 Å². The Bertz CT molecular complexity index is 435. The molecule has 104 valence electrons. The summed E-state index contributed by atoms with van der Waals surface area (Å²) in [7, 11) is 0. The molecule has 0 aromatic heterocycles. The van der Waals surface area contributed by atoms with E-state index in [2.05, 4.69) is 0 Å². The van der Waals surface area contributed by atoms with E-state index in [9.17, 15) is 9.59 Å². The summed E-state index contributed by atoms with van der Waals surface area (Å²) in [5.74, 6) is 1.52. The van der Waals surface area contributed by atoms with Crippen molar-refractivity contribution in [2.24, 2.45) is 10.8 Å². The van der Waals surface area contributed by atoms with Crippen molar-refractivity contribution in [3.63, 3.8) is 0 Å². The maximum absolute atomic E-state index is 11.0. The molecule has 1 aliphatic heterocycles. The molecule has 0 spiro atoms. The lowest BCUT2D eigenvalue weighted by Crippen LogP contribution is -2.21. The number of carbonyl (C=O) groups is 2. The van der Waals surface area contributed by atoms with E-state index in [0.717, 1.165) is 11.5 Å². The molecule has 3 nitrogen and oxygen atoms in total. The Morgan fingerprint density at radius 2 is 1.26 bits per heavy atom.